The van der Waals surface area contributed by atoms with Gasteiger partial charge in [0.05, 0.1) is 17.8 Å². The topological polar surface area (TPSA) is 38.7 Å². The molecule has 0 atom stereocenters. The molecule has 1 aromatic rings. The van der Waals surface area contributed by atoms with Gasteiger partial charge in [0.15, 0.2) is 0 Å². The lowest BCUT2D eigenvalue weighted by Gasteiger charge is -2.32. The molecule has 1 fully saturated rings. The molecule has 0 bridgehead atoms. The first-order valence-corrected chi connectivity index (χ1v) is 8.06. The molecular formula is C17H26BClO3. The van der Waals surface area contributed by atoms with E-state index in [9.17, 15) is 5.11 Å². The van der Waals surface area contributed by atoms with Crippen LogP contribution in [0.3, 0.4) is 0 Å². The van der Waals surface area contributed by atoms with Gasteiger partial charge in [-0.15, -0.1) is 0 Å². The fourth-order valence-corrected chi connectivity index (χ4v) is 2.95. The molecule has 22 heavy (non-hydrogen) atoms. The molecule has 0 radical (unpaired) electrons. The van der Waals surface area contributed by atoms with Crippen molar-refractivity contribution in [3.05, 3.63) is 28.3 Å². The number of benzene rings is 1. The number of aliphatic hydroxyl groups excluding tert-OH is 1. The highest BCUT2D eigenvalue weighted by Crippen LogP contribution is 2.37. The summed E-state index contributed by atoms with van der Waals surface area (Å²) in [6.45, 7) is 14.2. The summed E-state index contributed by atoms with van der Waals surface area (Å²) < 4.78 is 12.2. The molecule has 0 aromatic heterocycles. The highest BCUT2D eigenvalue weighted by Gasteiger charge is 2.52. The second kappa shape index (κ2) is 5.52. The molecule has 0 saturated carbocycles. The van der Waals surface area contributed by atoms with Crippen molar-refractivity contribution in [1.82, 2.24) is 0 Å². The van der Waals surface area contributed by atoms with E-state index in [1.54, 1.807) is 0 Å². The number of hydrogen-bond acceptors (Lipinski definition) is 3. The van der Waals surface area contributed by atoms with Gasteiger partial charge < -0.3 is 14.4 Å². The van der Waals surface area contributed by atoms with E-state index < -0.39 is 7.12 Å². The van der Waals surface area contributed by atoms with Gasteiger partial charge >= 0.3 is 7.12 Å². The van der Waals surface area contributed by atoms with Crippen molar-refractivity contribution in [3.8, 4) is 0 Å². The lowest BCUT2D eigenvalue weighted by molar-refractivity contribution is 0.00578. The Morgan fingerprint density at radius 3 is 2.09 bits per heavy atom. The first-order valence-electron chi connectivity index (χ1n) is 7.68. The minimum absolute atomic E-state index is 0.0436. The van der Waals surface area contributed by atoms with Gasteiger partial charge in [-0.05, 0) is 51.7 Å². The normalized spacial score (nSPS) is 20.5. The Kier molecular flexibility index (Phi) is 4.47. The summed E-state index contributed by atoms with van der Waals surface area (Å²) in [5.41, 5.74) is 1.81. The third-order valence-corrected chi connectivity index (χ3v) is 5.30. The molecule has 122 valence electrons. The van der Waals surface area contributed by atoms with Gasteiger partial charge in [0.2, 0.25) is 0 Å². The predicted molar refractivity (Wildman–Crippen MR) is 92.0 cm³/mol. The van der Waals surface area contributed by atoms with Gasteiger partial charge in [-0.2, -0.15) is 0 Å². The van der Waals surface area contributed by atoms with Gasteiger partial charge in [-0.3, -0.25) is 0 Å². The first-order chi connectivity index (χ1) is 9.91. The number of rotatable bonds is 3. The maximum atomic E-state index is 9.57. The van der Waals surface area contributed by atoms with E-state index in [4.69, 9.17) is 20.9 Å². The van der Waals surface area contributed by atoms with Crippen LogP contribution in [0.15, 0.2) is 12.1 Å². The maximum absolute atomic E-state index is 9.57. The third-order valence-electron chi connectivity index (χ3n) is 4.99. The van der Waals surface area contributed by atoms with Crippen molar-refractivity contribution in [2.75, 3.05) is 6.61 Å². The Bertz CT molecular complexity index is 566. The van der Waals surface area contributed by atoms with Crippen LogP contribution in [-0.2, 0) is 14.7 Å². The molecule has 0 aliphatic carbocycles. The third kappa shape index (κ3) is 2.94. The smallest absolute Gasteiger partial charge is 0.399 e. The van der Waals surface area contributed by atoms with Crippen LogP contribution in [0.2, 0.25) is 5.02 Å². The van der Waals surface area contributed by atoms with Crippen LogP contribution in [-0.4, -0.2) is 30.0 Å². The predicted octanol–water partition coefficient (Wildman–Crippen LogP) is 3.22. The number of aliphatic hydroxyl groups is 1. The molecule has 1 aliphatic rings. The summed E-state index contributed by atoms with van der Waals surface area (Å²) in [5, 5.41) is 10.2. The van der Waals surface area contributed by atoms with Crippen molar-refractivity contribution in [2.45, 2.75) is 65.1 Å². The monoisotopic (exact) mass is 324 g/mol. The highest BCUT2D eigenvalue weighted by molar-refractivity contribution is 6.63. The minimum Gasteiger partial charge on any atom is -0.399 e. The Hall–Kier alpha value is -0.545. The Balaban J connectivity index is 2.42. The van der Waals surface area contributed by atoms with E-state index in [0.29, 0.717) is 5.02 Å². The van der Waals surface area contributed by atoms with Crippen LogP contribution < -0.4 is 5.46 Å². The van der Waals surface area contributed by atoms with Crippen LogP contribution in [0.1, 0.15) is 52.7 Å². The SMILES string of the molecule is Cc1cc(C(C)(C)CO)c(Cl)cc1B1OC(C)(C)C(C)(C)O1. The summed E-state index contributed by atoms with van der Waals surface area (Å²) in [7, 11) is -0.422. The van der Waals surface area contributed by atoms with Crippen LogP contribution in [0.25, 0.3) is 0 Å². The maximum Gasteiger partial charge on any atom is 0.495 e. The minimum atomic E-state index is -0.422. The van der Waals surface area contributed by atoms with Crippen molar-refractivity contribution in [1.29, 1.82) is 0 Å². The molecular weight excluding hydrogens is 298 g/mol. The molecule has 1 heterocycles. The zero-order valence-electron chi connectivity index (χ0n) is 14.6. The van der Waals surface area contributed by atoms with Gasteiger partial charge in [0.25, 0.3) is 0 Å². The van der Waals surface area contributed by atoms with Crippen LogP contribution in [0.4, 0.5) is 0 Å². The molecule has 1 N–H and O–H groups in total. The fourth-order valence-electron chi connectivity index (χ4n) is 2.52. The highest BCUT2D eigenvalue weighted by atomic mass is 35.5. The summed E-state index contributed by atoms with van der Waals surface area (Å²) in [5.74, 6) is 0. The number of hydrogen-bond donors (Lipinski definition) is 1. The molecule has 0 amide bonds. The number of aryl methyl sites for hydroxylation is 1. The quantitative estimate of drug-likeness (QED) is 0.868. The van der Waals surface area contributed by atoms with E-state index in [0.717, 1.165) is 16.6 Å². The molecule has 3 nitrogen and oxygen atoms in total. The number of halogens is 1. The van der Waals surface area contributed by atoms with Crippen LogP contribution in [0, 0.1) is 6.92 Å². The standard InChI is InChI=1S/C17H26BClO3/c1-11-8-12(15(2,3)10-20)14(19)9-13(11)18-21-16(4,5)17(6,7)22-18/h8-9,20H,10H2,1-7H3. The van der Waals surface area contributed by atoms with Crippen molar-refractivity contribution in [2.24, 2.45) is 0 Å². The molecule has 5 heteroatoms. The van der Waals surface area contributed by atoms with E-state index in [1.807, 2.05) is 60.6 Å². The van der Waals surface area contributed by atoms with Gasteiger partial charge in [0.1, 0.15) is 0 Å². The van der Waals surface area contributed by atoms with Crippen LogP contribution >= 0.6 is 11.6 Å². The summed E-state index contributed by atoms with van der Waals surface area (Å²) in [6.07, 6.45) is 0. The molecule has 1 saturated heterocycles. The second-order valence-electron chi connectivity index (χ2n) is 7.82. The first kappa shape index (κ1) is 17.8. The Labute approximate surface area is 139 Å². The largest absolute Gasteiger partial charge is 0.495 e. The van der Waals surface area contributed by atoms with E-state index in [-0.39, 0.29) is 23.2 Å². The van der Waals surface area contributed by atoms with Gasteiger partial charge in [0, 0.05) is 10.4 Å². The molecule has 0 unspecified atom stereocenters. The lowest BCUT2D eigenvalue weighted by Crippen LogP contribution is -2.41. The fraction of sp³-hybridized carbons (Fsp3) is 0.647. The average Bonchev–Trinajstić information content (AvgIpc) is 2.60. The van der Waals surface area contributed by atoms with E-state index >= 15 is 0 Å². The summed E-state index contributed by atoms with van der Waals surface area (Å²) in [6, 6.07) is 3.94. The van der Waals surface area contributed by atoms with Gasteiger partial charge in [-0.25, -0.2) is 0 Å². The van der Waals surface area contributed by atoms with E-state index in [2.05, 4.69) is 0 Å². The second-order valence-corrected chi connectivity index (χ2v) is 8.23. The summed E-state index contributed by atoms with van der Waals surface area (Å²) in [4.78, 5) is 0. The lowest BCUT2D eigenvalue weighted by atomic mass is 9.73. The molecule has 2 rings (SSSR count). The van der Waals surface area contributed by atoms with Crippen molar-refractivity contribution < 1.29 is 14.4 Å². The average molecular weight is 325 g/mol. The molecule has 0 spiro atoms. The van der Waals surface area contributed by atoms with Crippen molar-refractivity contribution >= 4 is 24.2 Å². The van der Waals surface area contributed by atoms with Crippen LogP contribution in [0.5, 0.6) is 0 Å². The Morgan fingerprint density at radius 1 is 1.14 bits per heavy atom. The molecule has 1 aliphatic heterocycles. The summed E-state index contributed by atoms with van der Waals surface area (Å²) >= 11 is 6.46. The Morgan fingerprint density at radius 2 is 1.64 bits per heavy atom. The zero-order chi connectivity index (χ0) is 16.9. The van der Waals surface area contributed by atoms with Crippen molar-refractivity contribution in [3.63, 3.8) is 0 Å². The van der Waals surface area contributed by atoms with E-state index in [1.165, 1.54) is 0 Å². The molecule has 1 aromatic carbocycles. The zero-order valence-corrected chi connectivity index (χ0v) is 15.3. The van der Waals surface area contributed by atoms with Gasteiger partial charge in [-0.1, -0.05) is 37.1 Å².